The van der Waals surface area contributed by atoms with Crippen LogP contribution in [-0.2, 0) is 6.54 Å². The molecule has 0 spiro atoms. The number of nitrogens with one attached hydrogen (secondary N) is 1. The Morgan fingerprint density at radius 3 is 2.29 bits per heavy atom. The lowest BCUT2D eigenvalue weighted by molar-refractivity contribution is -0.384. The quantitative estimate of drug-likeness (QED) is 0.485. The van der Waals surface area contributed by atoms with E-state index in [9.17, 15) is 10.1 Å². The molecule has 4 heteroatoms. The number of nitrogens with zero attached hydrogens (tertiary/aromatic N) is 1. The molecule has 0 unspecified atom stereocenters. The third kappa shape index (κ3) is 5.45. The molecule has 0 fully saturated rings. The summed E-state index contributed by atoms with van der Waals surface area (Å²) in [5.41, 5.74) is 1.55. The summed E-state index contributed by atoms with van der Waals surface area (Å²) in [4.78, 5) is 10.1. The molecule has 0 aliphatic carbocycles. The second kappa shape index (κ2) is 5.77. The van der Waals surface area contributed by atoms with Crippen LogP contribution in [0.5, 0.6) is 0 Å². The van der Waals surface area contributed by atoms with Gasteiger partial charge in [0.1, 0.15) is 0 Å². The van der Waals surface area contributed by atoms with E-state index in [-0.39, 0.29) is 10.6 Å². The molecule has 1 rings (SSSR count). The van der Waals surface area contributed by atoms with Gasteiger partial charge in [0.15, 0.2) is 0 Å². The largest absolute Gasteiger partial charge is 0.313 e. The molecule has 4 nitrogen and oxygen atoms in total. The number of non-ortho nitro benzene ring substituents is 1. The summed E-state index contributed by atoms with van der Waals surface area (Å²) >= 11 is 0. The smallest absolute Gasteiger partial charge is 0.269 e. The van der Waals surface area contributed by atoms with E-state index in [1.165, 1.54) is 0 Å². The first-order valence-corrected chi connectivity index (χ1v) is 5.82. The zero-order chi connectivity index (χ0) is 12.9. The predicted octanol–water partition coefficient (Wildman–Crippen LogP) is 3.12. The van der Waals surface area contributed by atoms with Crippen LogP contribution in [-0.4, -0.2) is 11.5 Å². The summed E-state index contributed by atoms with van der Waals surface area (Å²) in [6.07, 6.45) is 1.11. The van der Waals surface area contributed by atoms with E-state index in [0.29, 0.717) is 5.41 Å². The molecule has 0 bridgehead atoms. The van der Waals surface area contributed by atoms with Crippen molar-refractivity contribution >= 4 is 5.69 Å². The van der Waals surface area contributed by atoms with Crippen LogP contribution >= 0.6 is 0 Å². The lowest BCUT2D eigenvalue weighted by Crippen LogP contribution is -2.20. The van der Waals surface area contributed by atoms with Crippen molar-refractivity contribution in [1.82, 2.24) is 5.32 Å². The number of benzene rings is 1. The number of rotatable bonds is 5. The minimum Gasteiger partial charge on any atom is -0.313 e. The summed E-state index contributed by atoms with van der Waals surface area (Å²) in [5.74, 6) is 0. The van der Waals surface area contributed by atoms with Crippen molar-refractivity contribution in [2.24, 2.45) is 5.41 Å². The Kier molecular flexibility index (Phi) is 4.63. The summed E-state index contributed by atoms with van der Waals surface area (Å²) in [7, 11) is 0. The molecule has 0 saturated carbocycles. The van der Waals surface area contributed by atoms with Gasteiger partial charge in [-0.15, -0.1) is 0 Å². The summed E-state index contributed by atoms with van der Waals surface area (Å²) in [5, 5.41) is 13.8. The van der Waals surface area contributed by atoms with Crippen LogP contribution in [0.4, 0.5) is 5.69 Å². The highest BCUT2D eigenvalue weighted by Gasteiger charge is 2.09. The minimum absolute atomic E-state index is 0.142. The maximum Gasteiger partial charge on any atom is 0.269 e. The molecule has 0 atom stereocenters. The second-order valence-corrected chi connectivity index (χ2v) is 5.41. The first-order valence-electron chi connectivity index (χ1n) is 5.82. The maximum atomic E-state index is 10.5. The fourth-order valence-electron chi connectivity index (χ4n) is 1.43. The molecular formula is C13H20N2O2. The lowest BCUT2D eigenvalue weighted by Gasteiger charge is -2.18. The van der Waals surface area contributed by atoms with Crippen molar-refractivity contribution in [2.75, 3.05) is 6.54 Å². The second-order valence-electron chi connectivity index (χ2n) is 5.41. The lowest BCUT2D eigenvalue weighted by atomic mass is 9.92. The van der Waals surface area contributed by atoms with Crippen LogP contribution in [0.25, 0.3) is 0 Å². The van der Waals surface area contributed by atoms with Gasteiger partial charge in [-0.2, -0.15) is 0 Å². The highest BCUT2D eigenvalue weighted by Crippen LogP contribution is 2.17. The van der Waals surface area contributed by atoms with E-state index in [1.54, 1.807) is 24.3 Å². The summed E-state index contributed by atoms with van der Waals surface area (Å²) in [6, 6.07) is 6.67. The number of nitro groups is 1. The van der Waals surface area contributed by atoms with Crippen molar-refractivity contribution in [3.8, 4) is 0 Å². The van der Waals surface area contributed by atoms with E-state index < -0.39 is 0 Å². The Morgan fingerprint density at radius 1 is 1.24 bits per heavy atom. The first kappa shape index (κ1) is 13.6. The third-order valence-corrected chi connectivity index (χ3v) is 2.53. The molecule has 0 aromatic heterocycles. The summed E-state index contributed by atoms with van der Waals surface area (Å²) in [6.45, 7) is 8.34. The molecular weight excluding hydrogens is 216 g/mol. The van der Waals surface area contributed by atoms with E-state index in [4.69, 9.17) is 0 Å². The zero-order valence-electron chi connectivity index (χ0n) is 10.7. The van der Waals surface area contributed by atoms with Gasteiger partial charge in [0.25, 0.3) is 5.69 Å². The molecule has 1 N–H and O–H groups in total. The number of hydrogen-bond acceptors (Lipinski definition) is 3. The monoisotopic (exact) mass is 236 g/mol. The molecule has 1 aromatic rings. The van der Waals surface area contributed by atoms with Crippen molar-refractivity contribution in [3.05, 3.63) is 39.9 Å². The molecule has 1 aromatic carbocycles. The Bertz CT molecular complexity index is 366. The Morgan fingerprint density at radius 2 is 1.82 bits per heavy atom. The van der Waals surface area contributed by atoms with Crippen LogP contribution in [0.2, 0.25) is 0 Å². The Hall–Kier alpha value is -1.42. The van der Waals surface area contributed by atoms with Crippen LogP contribution in [0.3, 0.4) is 0 Å². The minimum atomic E-state index is -0.378. The van der Waals surface area contributed by atoms with Gasteiger partial charge in [0, 0.05) is 18.7 Å². The molecule has 0 amide bonds. The first-order chi connectivity index (χ1) is 7.88. The molecule has 94 valence electrons. The van der Waals surface area contributed by atoms with Gasteiger partial charge in [0.05, 0.1) is 4.92 Å². The topological polar surface area (TPSA) is 55.2 Å². The molecule has 0 saturated heterocycles. The standard InChI is InChI=1S/C13H20N2O2/c1-13(2,3)8-9-14-10-11-4-6-12(7-5-11)15(16)17/h4-7,14H,8-10H2,1-3H3. The van der Waals surface area contributed by atoms with Gasteiger partial charge in [-0.3, -0.25) is 10.1 Å². The fourth-order valence-corrected chi connectivity index (χ4v) is 1.43. The van der Waals surface area contributed by atoms with Crippen LogP contribution in [0.1, 0.15) is 32.8 Å². The van der Waals surface area contributed by atoms with Crippen molar-refractivity contribution in [1.29, 1.82) is 0 Å². The van der Waals surface area contributed by atoms with Gasteiger partial charge < -0.3 is 5.32 Å². The average molecular weight is 236 g/mol. The highest BCUT2D eigenvalue weighted by atomic mass is 16.6. The van der Waals surface area contributed by atoms with Crippen molar-refractivity contribution < 1.29 is 4.92 Å². The highest BCUT2D eigenvalue weighted by molar-refractivity contribution is 5.32. The maximum absolute atomic E-state index is 10.5. The van der Waals surface area contributed by atoms with Crippen LogP contribution in [0, 0.1) is 15.5 Å². The van der Waals surface area contributed by atoms with Gasteiger partial charge in [-0.1, -0.05) is 32.9 Å². The number of nitro benzene ring substituents is 1. The van der Waals surface area contributed by atoms with Crippen molar-refractivity contribution in [3.63, 3.8) is 0 Å². The SMILES string of the molecule is CC(C)(C)CCNCc1ccc([N+](=O)[O-])cc1. The van der Waals surface area contributed by atoms with E-state index in [0.717, 1.165) is 25.1 Å². The van der Waals surface area contributed by atoms with Gasteiger partial charge in [0.2, 0.25) is 0 Å². The third-order valence-electron chi connectivity index (χ3n) is 2.53. The fraction of sp³-hybridized carbons (Fsp3) is 0.538. The normalized spacial score (nSPS) is 11.5. The average Bonchev–Trinajstić information content (AvgIpc) is 2.24. The predicted molar refractivity (Wildman–Crippen MR) is 68.9 cm³/mol. The zero-order valence-corrected chi connectivity index (χ0v) is 10.7. The van der Waals surface area contributed by atoms with E-state index in [1.807, 2.05) is 0 Å². The number of hydrogen-bond donors (Lipinski definition) is 1. The van der Waals surface area contributed by atoms with Crippen LogP contribution in [0.15, 0.2) is 24.3 Å². The molecule has 0 aliphatic rings. The molecule has 0 radical (unpaired) electrons. The van der Waals surface area contributed by atoms with E-state index in [2.05, 4.69) is 26.1 Å². The molecule has 17 heavy (non-hydrogen) atoms. The Balaban J connectivity index is 2.35. The van der Waals surface area contributed by atoms with Gasteiger partial charge in [-0.25, -0.2) is 0 Å². The molecule has 0 heterocycles. The Labute approximate surface area is 102 Å². The van der Waals surface area contributed by atoms with Crippen LogP contribution < -0.4 is 5.32 Å². The van der Waals surface area contributed by atoms with Gasteiger partial charge >= 0.3 is 0 Å². The van der Waals surface area contributed by atoms with Crippen molar-refractivity contribution in [2.45, 2.75) is 33.7 Å². The van der Waals surface area contributed by atoms with Gasteiger partial charge in [-0.05, 0) is 23.9 Å². The molecule has 0 aliphatic heterocycles. The summed E-state index contributed by atoms with van der Waals surface area (Å²) < 4.78 is 0. The van der Waals surface area contributed by atoms with E-state index >= 15 is 0 Å².